The van der Waals surface area contributed by atoms with E-state index < -0.39 is 30.3 Å². The minimum Gasteiger partial charge on any atom is -0.465 e. The minimum absolute atomic E-state index is 0.191. The van der Waals surface area contributed by atoms with E-state index in [2.05, 4.69) is 0 Å². The molecule has 4 unspecified atom stereocenters. The van der Waals surface area contributed by atoms with E-state index in [1.165, 1.54) is 12.0 Å². The number of carbonyl (C=O) groups excluding carboxylic acids is 3. The average Bonchev–Trinajstić information content (AvgIpc) is 3.12. The van der Waals surface area contributed by atoms with E-state index in [-0.39, 0.29) is 31.5 Å². The van der Waals surface area contributed by atoms with Crippen molar-refractivity contribution in [2.75, 3.05) is 40.0 Å². The molecule has 2 aliphatic heterocycles. The molecule has 0 aromatic rings. The maximum Gasteiger partial charge on any atom is 0.410 e. The van der Waals surface area contributed by atoms with Crippen LogP contribution < -0.4 is 0 Å². The van der Waals surface area contributed by atoms with Gasteiger partial charge >= 0.3 is 18.0 Å². The molecule has 3 aliphatic rings. The second-order valence-electron chi connectivity index (χ2n) is 8.88. The van der Waals surface area contributed by atoms with Gasteiger partial charge in [0, 0.05) is 26.1 Å². The van der Waals surface area contributed by atoms with Gasteiger partial charge in [-0.2, -0.15) is 0 Å². The lowest BCUT2D eigenvalue weighted by molar-refractivity contribution is -0.153. The number of esters is 2. The van der Waals surface area contributed by atoms with Gasteiger partial charge in [0.25, 0.3) is 0 Å². The molecule has 3 rings (SSSR count). The van der Waals surface area contributed by atoms with Crippen LogP contribution in [-0.2, 0) is 23.8 Å². The summed E-state index contributed by atoms with van der Waals surface area (Å²) in [6.07, 6.45) is 1.99. The lowest BCUT2D eigenvalue weighted by Crippen LogP contribution is -2.55. The number of nitrogens with zero attached hydrogens (tertiary/aromatic N) is 2. The van der Waals surface area contributed by atoms with E-state index >= 15 is 0 Å². The monoisotopic (exact) mass is 442 g/mol. The minimum atomic E-state index is -1.01. The van der Waals surface area contributed by atoms with Gasteiger partial charge in [0.2, 0.25) is 0 Å². The van der Waals surface area contributed by atoms with Gasteiger partial charge in [-0.15, -0.1) is 0 Å². The average molecular weight is 443 g/mol. The maximum absolute atomic E-state index is 14.1. The molecule has 1 amide bonds. The molecular formula is C22H35FN2O6. The molecule has 0 spiro atoms. The molecule has 0 radical (unpaired) electrons. The summed E-state index contributed by atoms with van der Waals surface area (Å²) in [6, 6.07) is -1.15. The summed E-state index contributed by atoms with van der Waals surface area (Å²) in [5.74, 6) is 0.157. The predicted molar refractivity (Wildman–Crippen MR) is 110 cm³/mol. The molecule has 0 bridgehead atoms. The highest BCUT2D eigenvalue weighted by Gasteiger charge is 2.46. The van der Waals surface area contributed by atoms with Crippen molar-refractivity contribution in [3.05, 3.63) is 0 Å². The smallest absolute Gasteiger partial charge is 0.410 e. The van der Waals surface area contributed by atoms with Crippen molar-refractivity contribution in [1.82, 2.24) is 9.80 Å². The number of piperidine rings is 1. The standard InChI is InChI=1S/C22H35FN2O6/c1-4-30-20(26)18-10-17(23)13-24(18)11-14-6-7-15-12-25(22(28)29-3)19(9-16(15)8-14)21(27)31-5-2/h14-19H,4-13H2,1-3H3/t14?,15?,16?,17-,18+,19?/m1/s1. The van der Waals surface area contributed by atoms with Gasteiger partial charge in [0.1, 0.15) is 18.3 Å². The summed E-state index contributed by atoms with van der Waals surface area (Å²) in [7, 11) is 1.32. The third-order valence-electron chi connectivity index (χ3n) is 6.95. The van der Waals surface area contributed by atoms with Crippen LogP contribution in [0.15, 0.2) is 0 Å². The summed E-state index contributed by atoms with van der Waals surface area (Å²) >= 11 is 0. The van der Waals surface area contributed by atoms with Crippen molar-refractivity contribution in [2.24, 2.45) is 17.8 Å². The summed E-state index contributed by atoms with van der Waals surface area (Å²) in [5.41, 5.74) is 0. The zero-order chi connectivity index (χ0) is 22.5. The molecular weight excluding hydrogens is 407 g/mol. The Morgan fingerprint density at radius 1 is 0.903 bits per heavy atom. The van der Waals surface area contributed by atoms with Gasteiger partial charge in [0.15, 0.2) is 0 Å². The molecule has 9 heteroatoms. The SMILES string of the molecule is CCOC(=O)C1CC2CC(CN3C[C@H](F)C[C@H]3C(=O)OCC)CCC2CN1C(=O)OC. The number of ether oxygens (including phenoxy) is 3. The number of alkyl halides is 1. The molecule has 2 heterocycles. The number of hydrogen-bond donors (Lipinski definition) is 0. The molecule has 6 atom stereocenters. The molecule has 1 saturated carbocycles. The van der Waals surface area contributed by atoms with Crippen LogP contribution in [0.3, 0.4) is 0 Å². The van der Waals surface area contributed by atoms with Crippen LogP contribution >= 0.6 is 0 Å². The lowest BCUT2D eigenvalue weighted by Gasteiger charge is -2.46. The van der Waals surface area contributed by atoms with E-state index in [1.54, 1.807) is 13.8 Å². The number of carbonyl (C=O) groups is 3. The van der Waals surface area contributed by atoms with Crippen molar-refractivity contribution < 1.29 is 33.0 Å². The van der Waals surface area contributed by atoms with Crippen LogP contribution in [-0.4, -0.2) is 86.0 Å². The van der Waals surface area contributed by atoms with Crippen molar-refractivity contribution in [3.8, 4) is 0 Å². The van der Waals surface area contributed by atoms with Gasteiger partial charge < -0.3 is 14.2 Å². The summed E-state index contributed by atoms with van der Waals surface area (Å²) < 4.78 is 29.3. The van der Waals surface area contributed by atoms with E-state index in [0.29, 0.717) is 38.0 Å². The lowest BCUT2D eigenvalue weighted by atomic mass is 9.69. The largest absolute Gasteiger partial charge is 0.465 e. The highest BCUT2D eigenvalue weighted by atomic mass is 19.1. The van der Waals surface area contributed by atoms with Crippen LogP contribution in [0.5, 0.6) is 0 Å². The van der Waals surface area contributed by atoms with Crippen molar-refractivity contribution in [2.45, 2.75) is 64.2 Å². The zero-order valence-electron chi connectivity index (χ0n) is 18.8. The van der Waals surface area contributed by atoms with Gasteiger partial charge in [-0.25, -0.2) is 14.0 Å². The molecule has 2 saturated heterocycles. The number of rotatable bonds is 6. The summed E-state index contributed by atoms with van der Waals surface area (Å²) in [5, 5.41) is 0. The molecule has 0 N–H and O–H groups in total. The Kier molecular flexibility index (Phi) is 8.13. The van der Waals surface area contributed by atoms with Gasteiger partial charge in [-0.3, -0.25) is 14.6 Å². The Morgan fingerprint density at radius 3 is 2.23 bits per heavy atom. The molecule has 176 valence electrons. The third-order valence-corrected chi connectivity index (χ3v) is 6.95. The molecule has 3 fully saturated rings. The van der Waals surface area contributed by atoms with Crippen molar-refractivity contribution >= 4 is 18.0 Å². The fourth-order valence-electron chi connectivity index (χ4n) is 5.56. The molecule has 31 heavy (non-hydrogen) atoms. The Bertz CT molecular complexity index is 662. The Balaban J connectivity index is 1.64. The van der Waals surface area contributed by atoms with Crippen LogP contribution in [0.25, 0.3) is 0 Å². The number of hydrogen-bond acceptors (Lipinski definition) is 7. The number of amides is 1. The normalized spacial score (nSPS) is 33.5. The Hall–Kier alpha value is -1.90. The molecule has 0 aromatic heterocycles. The first-order chi connectivity index (χ1) is 14.9. The van der Waals surface area contributed by atoms with Gasteiger partial charge in [-0.05, 0) is 57.3 Å². The highest BCUT2D eigenvalue weighted by molar-refractivity contribution is 5.81. The Labute approximate surface area is 183 Å². The van der Waals surface area contributed by atoms with E-state index in [1.807, 2.05) is 4.90 Å². The fourth-order valence-corrected chi connectivity index (χ4v) is 5.56. The number of fused-ring (bicyclic) bond motifs is 1. The summed E-state index contributed by atoms with van der Waals surface area (Å²) in [6.45, 7) is 5.45. The third kappa shape index (κ3) is 5.48. The zero-order valence-corrected chi connectivity index (χ0v) is 18.8. The number of likely N-dealkylation sites (tertiary alicyclic amines) is 2. The predicted octanol–water partition coefficient (Wildman–Crippen LogP) is 2.40. The second-order valence-corrected chi connectivity index (χ2v) is 8.88. The first-order valence-corrected chi connectivity index (χ1v) is 11.4. The van der Waals surface area contributed by atoms with Crippen molar-refractivity contribution in [3.63, 3.8) is 0 Å². The first kappa shape index (κ1) is 23.8. The molecule has 1 aliphatic carbocycles. The van der Waals surface area contributed by atoms with Gasteiger partial charge in [0.05, 0.1) is 20.3 Å². The van der Waals surface area contributed by atoms with Crippen LogP contribution in [0.2, 0.25) is 0 Å². The van der Waals surface area contributed by atoms with Crippen LogP contribution in [0.1, 0.15) is 46.0 Å². The quantitative estimate of drug-likeness (QED) is 0.461. The summed E-state index contributed by atoms with van der Waals surface area (Å²) in [4.78, 5) is 40.4. The van der Waals surface area contributed by atoms with Crippen molar-refractivity contribution in [1.29, 1.82) is 0 Å². The van der Waals surface area contributed by atoms with Crippen LogP contribution in [0, 0.1) is 17.8 Å². The molecule has 8 nitrogen and oxygen atoms in total. The number of halogens is 1. The topological polar surface area (TPSA) is 85.4 Å². The van der Waals surface area contributed by atoms with Crippen LogP contribution in [0.4, 0.5) is 9.18 Å². The van der Waals surface area contributed by atoms with Gasteiger partial charge in [-0.1, -0.05) is 0 Å². The highest BCUT2D eigenvalue weighted by Crippen LogP contribution is 2.42. The Morgan fingerprint density at radius 2 is 1.58 bits per heavy atom. The first-order valence-electron chi connectivity index (χ1n) is 11.4. The number of methoxy groups -OCH3 is 1. The fraction of sp³-hybridized carbons (Fsp3) is 0.864. The van der Waals surface area contributed by atoms with E-state index in [9.17, 15) is 18.8 Å². The molecule has 0 aromatic carbocycles. The van der Waals surface area contributed by atoms with E-state index in [0.717, 1.165) is 19.3 Å². The maximum atomic E-state index is 14.1. The second kappa shape index (κ2) is 10.6. The van der Waals surface area contributed by atoms with E-state index in [4.69, 9.17) is 14.2 Å².